The van der Waals surface area contributed by atoms with Gasteiger partial charge in [0.2, 0.25) is 5.72 Å². The number of benzene rings is 3. The van der Waals surface area contributed by atoms with Crippen LogP contribution in [-0.2, 0) is 23.6 Å². The topological polar surface area (TPSA) is 63.5 Å². The molecule has 6 nitrogen and oxygen atoms in total. The summed E-state index contributed by atoms with van der Waals surface area (Å²) in [7, 11) is 1.66. The van der Waals surface area contributed by atoms with Crippen LogP contribution in [0.15, 0.2) is 77.8 Å². The molecule has 0 saturated carbocycles. The minimum atomic E-state index is -0.990. The number of fused-ring (bicyclic) bond motifs is 7. The molecule has 0 fully saturated rings. The lowest BCUT2D eigenvalue weighted by Crippen LogP contribution is -2.60. The lowest BCUT2D eigenvalue weighted by Gasteiger charge is -2.53. The summed E-state index contributed by atoms with van der Waals surface area (Å²) in [6.07, 6.45) is 0. The Balaban J connectivity index is 1.36. The number of methoxy groups -OCH3 is 1. The first-order valence-electron chi connectivity index (χ1n) is 11.9. The van der Waals surface area contributed by atoms with E-state index in [9.17, 15) is 5.11 Å². The van der Waals surface area contributed by atoms with Crippen LogP contribution in [0.3, 0.4) is 0 Å². The van der Waals surface area contributed by atoms with Crippen molar-refractivity contribution in [3.05, 3.63) is 95.1 Å². The lowest BCUT2D eigenvalue weighted by atomic mass is 9.80. The summed E-state index contributed by atoms with van der Waals surface area (Å²) < 4.78 is 18.1. The first-order chi connectivity index (χ1) is 17.2. The molecule has 1 unspecified atom stereocenters. The Hall–Kier alpha value is -3.00. The quantitative estimate of drug-likeness (QED) is 0.539. The summed E-state index contributed by atoms with van der Waals surface area (Å²) in [5.41, 5.74) is 3.76. The molecule has 2 bridgehead atoms. The average Bonchev–Trinajstić information content (AvgIpc) is 3.07. The van der Waals surface area contributed by atoms with Gasteiger partial charge in [0, 0.05) is 17.9 Å². The number of aliphatic hydroxyl groups is 1. The first-order valence-corrected chi connectivity index (χ1v) is 12.8. The average molecular weight is 489 g/mol. The highest BCUT2D eigenvalue weighted by Crippen LogP contribution is 2.52. The Morgan fingerprint density at radius 1 is 1.06 bits per heavy atom. The number of thioether (sulfide) groups is 1. The maximum Gasteiger partial charge on any atom is 0.233 e. The number of amidine groups is 1. The Labute approximate surface area is 209 Å². The predicted molar refractivity (Wildman–Crippen MR) is 136 cm³/mol. The maximum atomic E-state index is 10.7. The number of rotatable bonds is 6. The molecular weight excluding hydrogens is 460 g/mol. The predicted octanol–water partition coefficient (Wildman–Crippen LogP) is 4.77. The van der Waals surface area contributed by atoms with Gasteiger partial charge < -0.3 is 24.2 Å². The summed E-state index contributed by atoms with van der Waals surface area (Å²) in [6.45, 7) is 1.37. The van der Waals surface area contributed by atoms with E-state index in [1.165, 1.54) is 11.1 Å². The summed E-state index contributed by atoms with van der Waals surface area (Å²) in [4.78, 5) is 7.53. The van der Waals surface area contributed by atoms with Crippen LogP contribution in [0, 0.1) is 5.92 Å². The molecule has 7 heteroatoms. The molecule has 180 valence electrons. The van der Waals surface area contributed by atoms with Gasteiger partial charge in [0.15, 0.2) is 5.17 Å². The van der Waals surface area contributed by atoms with Crippen molar-refractivity contribution in [2.75, 3.05) is 20.3 Å². The van der Waals surface area contributed by atoms with Gasteiger partial charge in [-0.1, -0.05) is 66.4 Å². The molecule has 6 rings (SSSR count). The van der Waals surface area contributed by atoms with Crippen molar-refractivity contribution < 1.29 is 19.3 Å². The van der Waals surface area contributed by atoms with Gasteiger partial charge in [-0.2, -0.15) is 0 Å². The highest BCUT2D eigenvalue weighted by atomic mass is 32.2. The molecule has 35 heavy (non-hydrogen) atoms. The monoisotopic (exact) mass is 488 g/mol. The van der Waals surface area contributed by atoms with Gasteiger partial charge in [-0.3, -0.25) is 0 Å². The zero-order valence-electron chi connectivity index (χ0n) is 19.6. The minimum Gasteiger partial charge on any atom is -0.497 e. The van der Waals surface area contributed by atoms with Gasteiger partial charge in [0.25, 0.3) is 0 Å². The van der Waals surface area contributed by atoms with Crippen molar-refractivity contribution >= 4 is 16.9 Å². The third-order valence-electron chi connectivity index (χ3n) is 7.10. The second-order valence-corrected chi connectivity index (χ2v) is 10.1. The molecule has 0 amide bonds. The largest absolute Gasteiger partial charge is 0.497 e. The number of nitrogens with zero attached hydrogens (tertiary/aromatic N) is 2. The summed E-state index contributed by atoms with van der Waals surface area (Å²) >= 11 is 1.73. The Morgan fingerprint density at radius 3 is 2.63 bits per heavy atom. The summed E-state index contributed by atoms with van der Waals surface area (Å²) in [6, 6.07) is 24.5. The third kappa shape index (κ3) is 3.97. The standard InChI is InChI=1S/C28H28N2O4S/c1-32-22-12-10-19(11-13-22)16-33-18-28-24(15-31)26(23-8-4-5-9-25(23)34-28)30-14-20-6-2-3-7-21(20)17-35-27(30)29-28/h2-13,24,26,31H,14-18H2,1H3/t24-,26-,28?/m1/s1. The molecule has 3 heterocycles. The van der Waals surface area contributed by atoms with Crippen LogP contribution in [0.4, 0.5) is 0 Å². The minimum absolute atomic E-state index is 0.0511. The van der Waals surface area contributed by atoms with E-state index in [0.717, 1.165) is 40.1 Å². The molecule has 3 atom stereocenters. The number of hydrogen-bond acceptors (Lipinski definition) is 7. The fourth-order valence-corrected chi connectivity index (χ4v) is 6.42. The number of aliphatic imine (C=N–C) groups is 1. The highest BCUT2D eigenvalue weighted by Gasteiger charge is 2.56. The van der Waals surface area contributed by atoms with E-state index >= 15 is 0 Å². The van der Waals surface area contributed by atoms with Gasteiger partial charge in [0.05, 0.1) is 32.3 Å². The number of para-hydroxylation sites is 1. The van der Waals surface area contributed by atoms with E-state index in [1.54, 1.807) is 18.9 Å². The molecule has 3 aromatic carbocycles. The van der Waals surface area contributed by atoms with Crippen LogP contribution in [0.5, 0.6) is 11.5 Å². The molecule has 3 aliphatic heterocycles. The zero-order valence-corrected chi connectivity index (χ0v) is 20.4. The maximum absolute atomic E-state index is 10.7. The van der Waals surface area contributed by atoms with Crippen molar-refractivity contribution in [3.8, 4) is 11.5 Å². The van der Waals surface area contributed by atoms with Gasteiger partial charge in [-0.15, -0.1) is 0 Å². The second kappa shape index (κ2) is 9.22. The van der Waals surface area contributed by atoms with E-state index in [4.69, 9.17) is 19.2 Å². The second-order valence-electron chi connectivity index (χ2n) is 9.14. The van der Waals surface area contributed by atoms with Crippen LogP contribution in [-0.4, -0.2) is 41.2 Å². The normalized spacial score (nSPS) is 24.3. The van der Waals surface area contributed by atoms with Crippen molar-refractivity contribution in [1.82, 2.24) is 4.90 Å². The van der Waals surface area contributed by atoms with Crippen molar-refractivity contribution in [2.45, 2.75) is 30.7 Å². The third-order valence-corrected chi connectivity index (χ3v) is 8.14. The Morgan fingerprint density at radius 2 is 1.83 bits per heavy atom. The van der Waals surface area contributed by atoms with E-state index in [0.29, 0.717) is 6.61 Å². The van der Waals surface area contributed by atoms with Crippen molar-refractivity contribution in [2.24, 2.45) is 10.9 Å². The molecule has 0 spiro atoms. The van der Waals surface area contributed by atoms with Gasteiger partial charge >= 0.3 is 0 Å². The fourth-order valence-electron chi connectivity index (χ4n) is 5.29. The van der Waals surface area contributed by atoms with E-state index in [1.807, 2.05) is 42.5 Å². The molecular formula is C28H28N2O4S. The van der Waals surface area contributed by atoms with Crippen LogP contribution in [0.25, 0.3) is 0 Å². The van der Waals surface area contributed by atoms with Crippen LogP contribution < -0.4 is 9.47 Å². The van der Waals surface area contributed by atoms with Gasteiger partial charge in [0.1, 0.15) is 18.1 Å². The molecule has 1 N–H and O–H groups in total. The fraction of sp³-hybridized carbons (Fsp3) is 0.321. The molecule has 0 aliphatic carbocycles. The number of aliphatic hydroxyl groups excluding tert-OH is 1. The SMILES string of the molecule is COc1ccc(COCC23N=C4SCc5ccccc5CN4[C@H](c4ccccc4O2)[C@H]3CO)cc1. The smallest absolute Gasteiger partial charge is 0.233 e. The van der Waals surface area contributed by atoms with Crippen LogP contribution in [0.2, 0.25) is 0 Å². The molecule has 3 aromatic rings. The highest BCUT2D eigenvalue weighted by molar-refractivity contribution is 8.13. The summed E-state index contributed by atoms with van der Waals surface area (Å²) in [5, 5.41) is 11.6. The summed E-state index contributed by atoms with van der Waals surface area (Å²) in [5.74, 6) is 2.21. The molecule has 0 saturated heterocycles. The number of hydrogen-bond donors (Lipinski definition) is 1. The zero-order chi connectivity index (χ0) is 23.8. The lowest BCUT2D eigenvalue weighted by molar-refractivity contribution is -0.119. The van der Waals surface area contributed by atoms with E-state index in [-0.39, 0.29) is 25.2 Å². The molecule has 3 aliphatic rings. The Kier molecular flexibility index (Phi) is 5.92. The van der Waals surface area contributed by atoms with Crippen LogP contribution >= 0.6 is 11.8 Å². The first kappa shape index (κ1) is 22.5. The van der Waals surface area contributed by atoms with Crippen molar-refractivity contribution in [3.63, 3.8) is 0 Å². The van der Waals surface area contributed by atoms with Crippen LogP contribution in [0.1, 0.15) is 28.3 Å². The molecule has 0 aromatic heterocycles. The van der Waals surface area contributed by atoms with E-state index < -0.39 is 5.72 Å². The van der Waals surface area contributed by atoms with E-state index in [2.05, 4.69) is 35.2 Å². The number of ether oxygens (including phenoxy) is 3. The van der Waals surface area contributed by atoms with Gasteiger partial charge in [-0.25, -0.2) is 4.99 Å². The van der Waals surface area contributed by atoms with Crippen molar-refractivity contribution in [1.29, 1.82) is 0 Å². The Bertz CT molecular complexity index is 1250. The van der Waals surface area contributed by atoms with Gasteiger partial charge in [-0.05, 0) is 34.9 Å². The molecule has 0 radical (unpaired) electrons.